The van der Waals surface area contributed by atoms with Crippen LogP contribution in [0.1, 0.15) is 46.5 Å². The molecule has 4 aliphatic rings. The van der Waals surface area contributed by atoms with Gasteiger partial charge in [-0.15, -0.1) is 0 Å². The van der Waals surface area contributed by atoms with Gasteiger partial charge in [0, 0.05) is 11.3 Å². The summed E-state index contributed by atoms with van der Waals surface area (Å²) in [7, 11) is 0. The van der Waals surface area contributed by atoms with E-state index in [1.165, 1.54) is 12.2 Å². The molecule has 0 radical (unpaired) electrons. The number of alkyl halides is 1. The smallest absolute Gasteiger partial charge is 0.184 e. The van der Waals surface area contributed by atoms with Crippen LogP contribution in [0.5, 0.6) is 0 Å². The predicted octanol–water partition coefficient (Wildman–Crippen LogP) is 3.61. The normalized spacial score (nSPS) is 50.4. The standard InChI is InChI=1S/C22H27FO4/c1-12-8-16-15-5-4-13-9-14(25)6-7-21(13,3)22(15,23)18(27)10-20(16,2)19(12)17(26)11-24/h6-7,9,11-12,15-16,18,26-27H,4-5,8,10H2,1-3H3/t12-,15-,16-,18-,20-,21-,22?/m0/s1. The minimum Gasteiger partial charge on any atom is -0.505 e. The second-order valence-corrected chi connectivity index (χ2v) is 9.32. The Kier molecular flexibility index (Phi) is 3.88. The zero-order valence-corrected chi connectivity index (χ0v) is 16.0. The Balaban J connectivity index is 1.85. The lowest BCUT2D eigenvalue weighted by Gasteiger charge is -2.61. The molecule has 7 atom stereocenters. The van der Waals surface area contributed by atoms with E-state index in [0.717, 1.165) is 5.57 Å². The molecule has 0 aromatic rings. The summed E-state index contributed by atoms with van der Waals surface area (Å²) in [6.07, 6.45) is 5.82. The third-order valence-electron chi connectivity index (χ3n) is 8.13. The molecule has 146 valence electrons. The van der Waals surface area contributed by atoms with Crippen LogP contribution in [0.2, 0.25) is 0 Å². The molecule has 0 aliphatic heterocycles. The number of hydrogen-bond donors (Lipinski definition) is 2. The summed E-state index contributed by atoms with van der Waals surface area (Å²) in [4.78, 5) is 23.1. The highest BCUT2D eigenvalue weighted by Gasteiger charge is 2.70. The van der Waals surface area contributed by atoms with Crippen LogP contribution >= 0.6 is 0 Å². The van der Waals surface area contributed by atoms with Gasteiger partial charge in [-0.3, -0.25) is 9.59 Å². The monoisotopic (exact) mass is 374 g/mol. The number of ketones is 1. The minimum absolute atomic E-state index is 0.0343. The van der Waals surface area contributed by atoms with Crippen LogP contribution in [0.15, 0.2) is 35.1 Å². The van der Waals surface area contributed by atoms with E-state index in [0.29, 0.717) is 31.1 Å². The first-order valence-corrected chi connectivity index (χ1v) is 9.79. The van der Waals surface area contributed by atoms with Gasteiger partial charge in [0.25, 0.3) is 0 Å². The number of carbonyl (C=O) groups is 2. The lowest BCUT2D eigenvalue weighted by molar-refractivity contribution is -0.184. The summed E-state index contributed by atoms with van der Waals surface area (Å²) in [6.45, 7) is 5.70. The molecule has 3 fully saturated rings. The number of allylic oxidation sites excluding steroid dienone is 6. The SMILES string of the molecule is C[C@H]1C[C@H]2[C@@H]3CCC4=CC(=O)C=C[C@]4(C)C3(F)[C@@H](O)C[C@]2(C)C1=C(O)C=O. The van der Waals surface area contributed by atoms with E-state index < -0.39 is 28.5 Å². The average molecular weight is 374 g/mol. The van der Waals surface area contributed by atoms with E-state index >= 15 is 4.39 Å². The minimum atomic E-state index is -1.87. The molecule has 27 heavy (non-hydrogen) atoms. The Morgan fingerprint density at radius 3 is 2.70 bits per heavy atom. The summed E-state index contributed by atoms with van der Waals surface area (Å²) in [6, 6.07) is 0. The predicted molar refractivity (Wildman–Crippen MR) is 98.6 cm³/mol. The second-order valence-electron chi connectivity index (χ2n) is 9.32. The summed E-state index contributed by atoms with van der Waals surface area (Å²) in [5.74, 6) is -0.895. The highest BCUT2D eigenvalue weighted by molar-refractivity contribution is 6.01. The maximum Gasteiger partial charge on any atom is 0.184 e. The molecule has 4 nitrogen and oxygen atoms in total. The fourth-order valence-electron chi connectivity index (χ4n) is 6.97. The molecule has 4 aliphatic carbocycles. The van der Waals surface area contributed by atoms with Crippen molar-refractivity contribution in [2.24, 2.45) is 28.6 Å². The van der Waals surface area contributed by atoms with E-state index in [9.17, 15) is 19.8 Å². The molecular weight excluding hydrogens is 347 g/mol. The van der Waals surface area contributed by atoms with Crippen LogP contribution in [0.25, 0.3) is 0 Å². The molecule has 0 bridgehead atoms. The zero-order valence-electron chi connectivity index (χ0n) is 16.0. The van der Waals surface area contributed by atoms with Gasteiger partial charge >= 0.3 is 0 Å². The van der Waals surface area contributed by atoms with Gasteiger partial charge < -0.3 is 10.2 Å². The van der Waals surface area contributed by atoms with Gasteiger partial charge in [-0.05, 0) is 67.6 Å². The number of aliphatic hydroxyl groups excluding tert-OH is 2. The maximum atomic E-state index is 16.8. The average Bonchev–Trinajstić information content (AvgIpc) is 2.86. The van der Waals surface area contributed by atoms with E-state index in [4.69, 9.17) is 0 Å². The quantitative estimate of drug-likeness (QED) is 0.418. The molecule has 0 aromatic carbocycles. The summed E-state index contributed by atoms with van der Waals surface area (Å²) < 4.78 is 16.8. The Bertz CT molecular complexity index is 811. The van der Waals surface area contributed by atoms with Crippen molar-refractivity contribution in [3.8, 4) is 0 Å². The molecule has 0 heterocycles. The Morgan fingerprint density at radius 2 is 2.04 bits per heavy atom. The fraction of sp³-hybridized carbons (Fsp3) is 0.636. The maximum absolute atomic E-state index is 16.8. The van der Waals surface area contributed by atoms with Crippen molar-refractivity contribution in [2.75, 3.05) is 0 Å². The van der Waals surface area contributed by atoms with Gasteiger partial charge in [0.1, 0.15) is 0 Å². The van der Waals surface area contributed by atoms with Crippen molar-refractivity contribution < 1.29 is 24.2 Å². The molecule has 0 saturated heterocycles. The van der Waals surface area contributed by atoms with E-state index in [2.05, 4.69) is 0 Å². The van der Waals surface area contributed by atoms with Gasteiger partial charge in [0.05, 0.1) is 6.10 Å². The first-order chi connectivity index (χ1) is 12.6. The Hall–Kier alpha value is -1.75. The van der Waals surface area contributed by atoms with Gasteiger partial charge in [-0.1, -0.05) is 25.5 Å². The van der Waals surface area contributed by atoms with Crippen molar-refractivity contribution in [1.82, 2.24) is 0 Å². The molecule has 1 unspecified atom stereocenters. The number of aliphatic hydroxyl groups is 2. The first-order valence-electron chi connectivity index (χ1n) is 9.79. The van der Waals surface area contributed by atoms with Gasteiger partial charge in [-0.25, -0.2) is 4.39 Å². The van der Waals surface area contributed by atoms with Crippen LogP contribution in [0.4, 0.5) is 4.39 Å². The lowest BCUT2D eigenvalue weighted by Crippen LogP contribution is -2.66. The largest absolute Gasteiger partial charge is 0.505 e. The molecule has 0 amide bonds. The van der Waals surface area contributed by atoms with Crippen LogP contribution in [-0.2, 0) is 9.59 Å². The summed E-state index contributed by atoms with van der Waals surface area (Å²) >= 11 is 0. The van der Waals surface area contributed by atoms with Gasteiger partial charge in [0.2, 0.25) is 0 Å². The molecular formula is C22H27FO4. The van der Waals surface area contributed by atoms with Crippen LogP contribution in [-0.4, -0.2) is 34.1 Å². The highest BCUT2D eigenvalue weighted by Crippen LogP contribution is 2.69. The van der Waals surface area contributed by atoms with Crippen LogP contribution < -0.4 is 0 Å². The highest BCUT2D eigenvalue weighted by atomic mass is 19.1. The topological polar surface area (TPSA) is 74.6 Å². The van der Waals surface area contributed by atoms with E-state index in [1.807, 2.05) is 13.8 Å². The van der Waals surface area contributed by atoms with Crippen LogP contribution in [0.3, 0.4) is 0 Å². The lowest BCUT2D eigenvalue weighted by atomic mass is 9.45. The van der Waals surface area contributed by atoms with E-state index in [-0.39, 0.29) is 29.8 Å². The van der Waals surface area contributed by atoms with Crippen molar-refractivity contribution in [3.05, 3.63) is 35.1 Å². The molecule has 2 N–H and O–H groups in total. The summed E-state index contributed by atoms with van der Waals surface area (Å²) in [5.41, 5.74) is -2.06. The molecule has 5 heteroatoms. The number of fused-ring (bicyclic) bond motifs is 5. The van der Waals surface area contributed by atoms with Gasteiger partial charge in [0.15, 0.2) is 23.5 Å². The third kappa shape index (κ3) is 2.12. The fourth-order valence-corrected chi connectivity index (χ4v) is 6.97. The molecule has 0 aromatic heterocycles. The Morgan fingerprint density at radius 1 is 1.33 bits per heavy atom. The number of halogens is 1. The number of aldehydes is 1. The Labute approximate surface area is 158 Å². The van der Waals surface area contributed by atoms with E-state index in [1.54, 1.807) is 13.0 Å². The first kappa shape index (κ1) is 18.6. The van der Waals surface area contributed by atoms with Crippen molar-refractivity contribution >= 4 is 12.1 Å². The van der Waals surface area contributed by atoms with Crippen LogP contribution in [0, 0.1) is 28.6 Å². The molecule has 3 saturated carbocycles. The number of rotatable bonds is 1. The number of hydrogen-bond acceptors (Lipinski definition) is 4. The molecule has 0 spiro atoms. The van der Waals surface area contributed by atoms with Gasteiger partial charge in [-0.2, -0.15) is 0 Å². The van der Waals surface area contributed by atoms with Crippen molar-refractivity contribution in [3.63, 3.8) is 0 Å². The summed E-state index contributed by atoms with van der Waals surface area (Å²) in [5, 5.41) is 21.3. The van der Waals surface area contributed by atoms with Crippen molar-refractivity contribution in [2.45, 2.75) is 58.2 Å². The van der Waals surface area contributed by atoms with Crippen molar-refractivity contribution in [1.29, 1.82) is 0 Å². The second kappa shape index (κ2) is 5.63. The molecule has 4 rings (SSSR count). The number of carbonyl (C=O) groups excluding carboxylic acids is 2. The third-order valence-corrected chi connectivity index (χ3v) is 8.13. The zero-order chi connectivity index (χ0) is 19.8.